The normalized spacial score (nSPS) is 22.6. The summed E-state index contributed by atoms with van der Waals surface area (Å²) in [7, 11) is 0. The van der Waals surface area contributed by atoms with Crippen LogP contribution in [0.1, 0.15) is 99.3 Å². The lowest BCUT2D eigenvalue weighted by Gasteiger charge is -2.24. The second-order valence-corrected chi connectivity index (χ2v) is 6.46. The Labute approximate surface area is 142 Å². The Kier molecular flexibility index (Phi) is 18.2. The van der Waals surface area contributed by atoms with Gasteiger partial charge in [-0.15, -0.1) is 6.58 Å². The third kappa shape index (κ3) is 14.4. The summed E-state index contributed by atoms with van der Waals surface area (Å²) in [5, 5.41) is 0. The van der Waals surface area contributed by atoms with Crippen LogP contribution in [-0.2, 0) is 0 Å². The van der Waals surface area contributed by atoms with Crippen LogP contribution >= 0.6 is 0 Å². The Hall–Kier alpha value is -0.520. The monoisotopic (exact) mass is 308 g/mol. The summed E-state index contributed by atoms with van der Waals surface area (Å²) in [6.07, 6.45) is 14.3. The Morgan fingerprint density at radius 1 is 0.909 bits per heavy atom. The van der Waals surface area contributed by atoms with E-state index < -0.39 is 0 Å². The van der Waals surface area contributed by atoms with Gasteiger partial charge in [-0.3, -0.25) is 0 Å². The van der Waals surface area contributed by atoms with Gasteiger partial charge in [0.15, 0.2) is 0 Å². The first-order chi connectivity index (χ1) is 10.6. The topological polar surface area (TPSA) is 0 Å². The maximum atomic E-state index is 4.02. The number of rotatable bonds is 5. The summed E-state index contributed by atoms with van der Waals surface area (Å²) in [6, 6.07) is 0. The summed E-state index contributed by atoms with van der Waals surface area (Å²) < 4.78 is 0. The first-order valence-electron chi connectivity index (χ1n) is 9.91. The summed E-state index contributed by atoms with van der Waals surface area (Å²) in [5.41, 5.74) is 1.42. The molecule has 132 valence electrons. The minimum absolute atomic E-state index is 0.998. The minimum Gasteiger partial charge on any atom is -0.103 e. The van der Waals surface area contributed by atoms with E-state index >= 15 is 0 Å². The lowest BCUT2D eigenvalue weighted by Crippen LogP contribution is -2.12. The highest BCUT2D eigenvalue weighted by molar-refractivity contribution is 4.99. The summed E-state index contributed by atoms with van der Waals surface area (Å²) in [5.74, 6) is 3.00. The van der Waals surface area contributed by atoms with Gasteiger partial charge in [-0.1, -0.05) is 85.5 Å². The first-order valence-corrected chi connectivity index (χ1v) is 9.91. The van der Waals surface area contributed by atoms with Gasteiger partial charge in [0.05, 0.1) is 0 Å². The first kappa shape index (κ1) is 23.7. The maximum absolute atomic E-state index is 4.02. The largest absolute Gasteiger partial charge is 0.103 e. The number of hydrogen-bond donors (Lipinski definition) is 0. The standard InChI is InChI=1S/C10H16.C8H16.2C2H6/c1-3-4-5-9(2)8-10-6-7-10;1-7-5-3-4-6-8(7)2;2*1-2/h3,10H,1-2,4-8H2;7-8H,3-6H2,1-2H3;2*1-2H3. The van der Waals surface area contributed by atoms with Crippen LogP contribution in [-0.4, -0.2) is 0 Å². The van der Waals surface area contributed by atoms with Gasteiger partial charge < -0.3 is 0 Å². The molecule has 0 radical (unpaired) electrons. The van der Waals surface area contributed by atoms with Gasteiger partial charge in [0, 0.05) is 0 Å². The van der Waals surface area contributed by atoms with Crippen LogP contribution in [0.15, 0.2) is 24.8 Å². The second kappa shape index (κ2) is 16.8. The molecule has 2 saturated carbocycles. The van der Waals surface area contributed by atoms with Gasteiger partial charge in [0.25, 0.3) is 0 Å². The quantitative estimate of drug-likeness (QED) is 0.449. The van der Waals surface area contributed by atoms with Crippen molar-refractivity contribution in [3.63, 3.8) is 0 Å². The van der Waals surface area contributed by atoms with Crippen molar-refractivity contribution in [1.29, 1.82) is 0 Å². The van der Waals surface area contributed by atoms with Gasteiger partial charge in [0.2, 0.25) is 0 Å². The van der Waals surface area contributed by atoms with Crippen molar-refractivity contribution in [3.8, 4) is 0 Å². The zero-order valence-corrected chi connectivity index (χ0v) is 16.6. The molecule has 0 aromatic carbocycles. The molecule has 2 aliphatic rings. The zero-order valence-electron chi connectivity index (χ0n) is 16.6. The fourth-order valence-electron chi connectivity index (χ4n) is 2.64. The molecule has 2 atom stereocenters. The Morgan fingerprint density at radius 3 is 1.68 bits per heavy atom. The highest BCUT2D eigenvalue weighted by atomic mass is 14.3. The van der Waals surface area contributed by atoms with E-state index in [9.17, 15) is 0 Å². The van der Waals surface area contributed by atoms with Crippen molar-refractivity contribution in [2.45, 2.75) is 99.3 Å². The van der Waals surface area contributed by atoms with Gasteiger partial charge in [-0.05, 0) is 49.9 Å². The number of allylic oxidation sites excluding steroid dienone is 2. The molecule has 22 heavy (non-hydrogen) atoms. The molecule has 2 rings (SSSR count). The average Bonchev–Trinajstić information content (AvgIpc) is 3.37. The van der Waals surface area contributed by atoms with Crippen molar-refractivity contribution in [3.05, 3.63) is 24.8 Å². The Bertz CT molecular complexity index is 237. The smallest absolute Gasteiger partial charge is 0.0288 e. The van der Waals surface area contributed by atoms with E-state index in [4.69, 9.17) is 0 Å². The molecule has 0 aliphatic heterocycles. The summed E-state index contributed by atoms with van der Waals surface area (Å²) in [6.45, 7) is 20.5. The Balaban J connectivity index is 0. The minimum atomic E-state index is 0.998. The molecule has 0 aromatic heterocycles. The predicted molar refractivity (Wildman–Crippen MR) is 105 cm³/mol. The summed E-state index contributed by atoms with van der Waals surface area (Å²) >= 11 is 0. The molecular weight excluding hydrogens is 264 g/mol. The van der Waals surface area contributed by atoms with Gasteiger partial charge in [0.1, 0.15) is 0 Å². The van der Waals surface area contributed by atoms with E-state index in [0.717, 1.165) is 30.6 Å². The molecule has 2 fully saturated rings. The highest BCUT2D eigenvalue weighted by Gasteiger charge is 2.21. The van der Waals surface area contributed by atoms with E-state index in [1.807, 2.05) is 33.8 Å². The molecule has 0 nitrogen and oxygen atoms in total. The maximum Gasteiger partial charge on any atom is -0.0288 e. The molecule has 2 unspecified atom stereocenters. The molecule has 0 saturated heterocycles. The molecule has 2 aliphatic carbocycles. The van der Waals surface area contributed by atoms with Crippen molar-refractivity contribution in [1.82, 2.24) is 0 Å². The van der Waals surface area contributed by atoms with Crippen molar-refractivity contribution in [2.75, 3.05) is 0 Å². The Morgan fingerprint density at radius 2 is 1.36 bits per heavy atom. The summed E-state index contributed by atoms with van der Waals surface area (Å²) in [4.78, 5) is 0. The van der Waals surface area contributed by atoms with E-state index in [1.54, 1.807) is 0 Å². The van der Waals surface area contributed by atoms with Crippen molar-refractivity contribution < 1.29 is 0 Å². The molecule has 0 bridgehead atoms. The van der Waals surface area contributed by atoms with Crippen LogP contribution in [0, 0.1) is 17.8 Å². The molecule has 0 aromatic rings. The highest BCUT2D eigenvalue weighted by Crippen LogP contribution is 2.35. The molecule has 0 N–H and O–H groups in total. The van der Waals surface area contributed by atoms with Crippen LogP contribution in [0.5, 0.6) is 0 Å². The van der Waals surface area contributed by atoms with Crippen LogP contribution in [0.3, 0.4) is 0 Å². The van der Waals surface area contributed by atoms with Crippen LogP contribution in [0.25, 0.3) is 0 Å². The van der Waals surface area contributed by atoms with Crippen LogP contribution in [0.4, 0.5) is 0 Å². The van der Waals surface area contributed by atoms with Gasteiger partial charge in [-0.2, -0.15) is 0 Å². The van der Waals surface area contributed by atoms with E-state index in [1.165, 1.54) is 50.5 Å². The molecular formula is C22H44. The van der Waals surface area contributed by atoms with E-state index in [-0.39, 0.29) is 0 Å². The van der Waals surface area contributed by atoms with Crippen LogP contribution < -0.4 is 0 Å². The number of hydrogen-bond acceptors (Lipinski definition) is 0. The third-order valence-electron chi connectivity index (χ3n) is 4.52. The SMILES string of the molecule is C=CCCC(=C)CC1CC1.CC.CC.CC1CCCCC1C. The van der Waals surface area contributed by atoms with Crippen molar-refractivity contribution in [2.24, 2.45) is 17.8 Å². The van der Waals surface area contributed by atoms with Crippen LogP contribution in [0.2, 0.25) is 0 Å². The predicted octanol–water partition coefficient (Wildman–Crippen LogP) is 8.19. The molecule has 0 heteroatoms. The average molecular weight is 309 g/mol. The fraction of sp³-hybridized carbons (Fsp3) is 0.818. The van der Waals surface area contributed by atoms with E-state index in [0.29, 0.717) is 0 Å². The molecule has 0 heterocycles. The lowest BCUT2D eigenvalue weighted by molar-refractivity contribution is 0.277. The molecule has 0 spiro atoms. The van der Waals surface area contributed by atoms with Gasteiger partial charge >= 0.3 is 0 Å². The third-order valence-corrected chi connectivity index (χ3v) is 4.52. The zero-order chi connectivity index (χ0) is 17.4. The fourth-order valence-corrected chi connectivity index (χ4v) is 2.64. The lowest BCUT2D eigenvalue weighted by atomic mass is 9.82. The van der Waals surface area contributed by atoms with Crippen molar-refractivity contribution >= 4 is 0 Å². The van der Waals surface area contributed by atoms with E-state index in [2.05, 4.69) is 27.0 Å². The molecule has 0 amide bonds. The second-order valence-electron chi connectivity index (χ2n) is 6.46. The van der Waals surface area contributed by atoms with Gasteiger partial charge in [-0.25, -0.2) is 0 Å².